The second-order valence-corrected chi connectivity index (χ2v) is 8.16. The Morgan fingerprint density at radius 3 is 2.50 bits per heavy atom. The highest BCUT2D eigenvalue weighted by atomic mass is 35.5. The van der Waals surface area contributed by atoms with Gasteiger partial charge in [0.25, 0.3) is 0 Å². The van der Waals surface area contributed by atoms with E-state index in [-0.39, 0.29) is 22.1 Å². The van der Waals surface area contributed by atoms with Crippen molar-refractivity contribution in [2.75, 3.05) is 10.6 Å². The molecule has 4 aromatic rings. The average molecular weight is 509 g/mol. The van der Waals surface area contributed by atoms with Crippen molar-refractivity contribution in [2.24, 2.45) is 0 Å². The fraction of sp³-hybridized carbons (Fsp3) is 0.0417. The standard InChI is InChI=1S/C24H16ClF3N8/c25-18-6-15(33-22(20-11-32-36-35-20)12-1-3-14(26)4-2-12)5-17-21(13(8-29)9-30-23(17)18)34-16-7-19(27)24(28)31-10-16/h1-7,9-11,22,32-33,35-36H,(H,30,34). The van der Waals surface area contributed by atoms with Gasteiger partial charge in [-0.3, -0.25) is 4.98 Å². The number of halogens is 4. The monoisotopic (exact) mass is 508 g/mol. The number of hydrogen-bond acceptors (Lipinski definition) is 8. The average Bonchev–Trinajstić information content (AvgIpc) is 3.40. The van der Waals surface area contributed by atoms with Crippen LogP contribution in [0.5, 0.6) is 0 Å². The van der Waals surface area contributed by atoms with Gasteiger partial charge in [0, 0.05) is 29.5 Å². The molecule has 0 aliphatic carbocycles. The van der Waals surface area contributed by atoms with Crippen molar-refractivity contribution in [3.63, 3.8) is 0 Å². The number of rotatable bonds is 6. The van der Waals surface area contributed by atoms with Gasteiger partial charge in [-0.25, -0.2) is 13.8 Å². The minimum atomic E-state index is -1.24. The van der Waals surface area contributed by atoms with Crippen LogP contribution in [0.1, 0.15) is 17.2 Å². The van der Waals surface area contributed by atoms with E-state index in [1.54, 1.807) is 30.5 Å². The molecule has 2 aromatic heterocycles. The summed E-state index contributed by atoms with van der Waals surface area (Å²) in [6.45, 7) is 0. The second kappa shape index (κ2) is 9.61. The third-order valence-corrected chi connectivity index (χ3v) is 5.73. The zero-order valence-corrected chi connectivity index (χ0v) is 19.0. The van der Waals surface area contributed by atoms with Gasteiger partial charge in [0.05, 0.1) is 45.4 Å². The zero-order valence-electron chi connectivity index (χ0n) is 18.2. The van der Waals surface area contributed by atoms with Crippen molar-refractivity contribution in [1.29, 1.82) is 5.26 Å². The fourth-order valence-corrected chi connectivity index (χ4v) is 4.04. The molecule has 36 heavy (non-hydrogen) atoms. The van der Waals surface area contributed by atoms with E-state index in [2.05, 4.69) is 37.0 Å². The van der Waals surface area contributed by atoms with Crippen molar-refractivity contribution in [3.05, 3.63) is 100 Å². The van der Waals surface area contributed by atoms with Gasteiger partial charge in [0.1, 0.15) is 11.9 Å². The Labute approximate surface area is 207 Å². The number of fused-ring (bicyclic) bond motifs is 1. The van der Waals surface area contributed by atoms with Crippen molar-refractivity contribution < 1.29 is 13.2 Å². The number of benzene rings is 2. The molecule has 1 unspecified atom stereocenters. The Kier molecular flexibility index (Phi) is 6.20. The van der Waals surface area contributed by atoms with Crippen LogP contribution >= 0.6 is 11.6 Å². The predicted molar refractivity (Wildman–Crippen MR) is 129 cm³/mol. The molecule has 0 bridgehead atoms. The van der Waals surface area contributed by atoms with E-state index in [4.69, 9.17) is 11.6 Å². The maximum absolute atomic E-state index is 13.8. The zero-order chi connectivity index (χ0) is 25.2. The van der Waals surface area contributed by atoms with Gasteiger partial charge in [-0.05, 0) is 29.8 Å². The minimum Gasteiger partial charge on any atom is -0.373 e. The molecule has 0 saturated carbocycles. The van der Waals surface area contributed by atoms with E-state index >= 15 is 0 Å². The quantitative estimate of drug-likeness (QED) is 0.233. The predicted octanol–water partition coefficient (Wildman–Crippen LogP) is 4.92. The van der Waals surface area contributed by atoms with E-state index in [1.165, 1.54) is 18.3 Å². The molecule has 3 heterocycles. The number of nitriles is 1. The molecule has 2 aromatic carbocycles. The van der Waals surface area contributed by atoms with Gasteiger partial charge in [-0.1, -0.05) is 23.7 Å². The van der Waals surface area contributed by atoms with Crippen LogP contribution in [0.4, 0.5) is 30.2 Å². The van der Waals surface area contributed by atoms with E-state index in [9.17, 15) is 18.4 Å². The molecule has 1 aliphatic heterocycles. The highest BCUT2D eigenvalue weighted by molar-refractivity contribution is 6.36. The molecule has 0 fully saturated rings. The maximum Gasteiger partial charge on any atom is 0.249 e. The smallest absolute Gasteiger partial charge is 0.249 e. The van der Waals surface area contributed by atoms with Crippen LogP contribution in [0, 0.1) is 28.9 Å². The maximum atomic E-state index is 13.8. The summed E-state index contributed by atoms with van der Waals surface area (Å²) < 4.78 is 40.6. The Morgan fingerprint density at radius 2 is 1.81 bits per heavy atom. The normalized spacial score (nSPS) is 13.4. The summed E-state index contributed by atoms with van der Waals surface area (Å²) in [5.74, 6) is -2.74. The van der Waals surface area contributed by atoms with Gasteiger partial charge in [0.15, 0.2) is 5.82 Å². The molecule has 1 atom stereocenters. The van der Waals surface area contributed by atoms with Crippen LogP contribution in [0.2, 0.25) is 5.02 Å². The molecule has 0 radical (unpaired) electrons. The molecule has 0 spiro atoms. The van der Waals surface area contributed by atoms with Gasteiger partial charge in [0.2, 0.25) is 5.95 Å². The van der Waals surface area contributed by atoms with E-state index in [0.717, 1.165) is 17.8 Å². The SMILES string of the molecule is N#Cc1cnc2c(Cl)cc(NC(C3=CNNN3)c3ccc(F)cc3)cc2c1Nc1cnc(F)c(F)c1. The van der Waals surface area contributed by atoms with Gasteiger partial charge < -0.3 is 21.5 Å². The molecule has 1 aliphatic rings. The molecule has 0 saturated heterocycles. The lowest BCUT2D eigenvalue weighted by molar-refractivity contribution is 0.480. The number of hydrogen-bond donors (Lipinski definition) is 5. The van der Waals surface area contributed by atoms with Crippen LogP contribution in [0.25, 0.3) is 10.9 Å². The third-order valence-electron chi connectivity index (χ3n) is 5.44. The lowest BCUT2D eigenvalue weighted by atomic mass is 10.0. The van der Waals surface area contributed by atoms with Crippen molar-refractivity contribution in [3.8, 4) is 6.07 Å². The summed E-state index contributed by atoms with van der Waals surface area (Å²) in [6, 6.07) is 11.9. The molecule has 12 heteroatoms. The molecule has 8 nitrogen and oxygen atoms in total. The Morgan fingerprint density at radius 1 is 1.00 bits per heavy atom. The molecule has 5 N–H and O–H groups in total. The van der Waals surface area contributed by atoms with Crippen molar-refractivity contribution >= 4 is 39.6 Å². The van der Waals surface area contributed by atoms with Crippen LogP contribution in [0.15, 0.2) is 66.8 Å². The van der Waals surface area contributed by atoms with Crippen LogP contribution in [-0.4, -0.2) is 9.97 Å². The van der Waals surface area contributed by atoms with Crippen LogP contribution < -0.4 is 27.0 Å². The molecule has 180 valence electrons. The molecular weight excluding hydrogens is 493 g/mol. The van der Waals surface area contributed by atoms with Crippen molar-refractivity contribution in [1.82, 2.24) is 26.4 Å². The summed E-state index contributed by atoms with van der Waals surface area (Å²) in [5, 5.41) is 16.7. The summed E-state index contributed by atoms with van der Waals surface area (Å²) in [5.41, 5.74) is 11.6. The lowest BCUT2D eigenvalue weighted by Gasteiger charge is -2.22. The highest BCUT2D eigenvalue weighted by Gasteiger charge is 2.21. The minimum absolute atomic E-state index is 0.133. The molecular formula is C24H16ClF3N8. The number of anilines is 3. The van der Waals surface area contributed by atoms with Gasteiger partial charge >= 0.3 is 0 Å². The largest absolute Gasteiger partial charge is 0.373 e. The van der Waals surface area contributed by atoms with Crippen molar-refractivity contribution in [2.45, 2.75) is 6.04 Å². The summed E-state index contributed by atoms with van der Waals surface area (Å²) in [4.78, 5) is 7.67. The number of nitrogens with one attached hydrogen (secondary N) is 5. The number of aromatic nitrogens is 2. The van der Waals surface area contributed by atoms with Crippen LogP contribution in [0.3, 0.4) is 0 Å². The molecule has 0 amide bonds. The topological polar surface area (TPSA) is 110 Å². The highest BCUT2D eigenvalue weighted by Crippen LogP contribution is 2.36. The van der Waals surface area contributed by atoms with Gasteiger partial charge in [-0.2, -0.15) is 15.2 Å². The molecule has 5 rings (SSSR count). The summed E-state index contributed by atoms with van der Waals surface area (Å²) in [7, 11) is 0. The van der Waals surface area contributed by atoms with E-state index in [1.807, 2.05) is 6.07 Å². The number of nitrogens with zero attached hydrogens (tertiary/aromatic N) is 3. The fourth-order valence-electron chi connectivity index (χ4n) is 3.77. The summed E-state index contributed by atoms with van der Waals surface area (Å²) in [6.07, 6.45) is 4.16. The Hall–Kier alpha value is -4.53. The van der Waals surface area contributed by atoms with Gasteiger partial charge in [-0.15, -0.1) is 0 Å². The first-order chi connectivity index (χ1) is 17.4. The number of hydrazine groups is 2. The lowest BCUT2D eigenvalue weighted by Crippen LogP contribution is -2.33. The summed E-state index contributed by atoms with van der Waals surface area (Å²) >= 11 is 6.55. The Bertz CT molecular complexity index is 1540. The van der Waals surface area contributed by atoms with E-state index < -0.39 is 17.8 Å². The first-order valence-corrected chi connectivity index (χ1v) is 10.9. The third kappa shape index (κ3) is 4.55. The van der Waals surface area contributed by atoms with Crippen LogP contribution in [-0.2, 0) is 0 Å². The van der Waals surface area contributed by atoms with E-state index in [0.29, 0.717) is 28.0 Å². The first kappa shape index (κ1) is 23.2. The second-order valence-electron chi connectivity index (χ2n) is 7.76. The Balaban J connectivity index is 1.59. The first-order valence-electron chi connectivity index (χ1n) is 10.5. The number of pyridine rings is 2.